The summed E-state index contributed by atoms with van der Waals surface area (Å²) in [5.74, 6) is -0.431. The summed E-state index contributed by atoms with van der Waals surface area (Å²) in [6.45, 7) is 2.31. The molecule has 0 spiro atoms. The molecule has 5 nitrogen and oxygen atoms in total. The lowest BCUT2D eigenvalue weighted by Gasteiger charge is -2.23. The van der Waals surface area contributed by atoms with E-state index in [1.54, 1.807) is 6.92 Å². The fourth-order valence-corrected chi connectivity index (χ4v) is 1.79. The third-order valence-electron chi connectivity index (χ3n) is 2.87. The van der Waals surface area contributed by atoms with Crippen molar-refractivity contribution in [3.8, 4) is 0 Å². The number of benzene rings is 1. The zero-order chi connectivity index (χ0) is 14.3. The Bertz CT molecular complexity index is 382. The topological polar surface area (TPSA) is 104 Å². The van der Waals surface area contributed by atoms with E-state index in [1.807, 2.05) is 30.3 Å². The van der Waals surface area contributed by atoms with Crippen LogP contribution in [0.15, 0.2) is 30.3 Å². The average molecular weight is 265 g/mol. The predicted octanol–water partition coefficient (Wildman–Crippen LogP) is 0.684. The number of carbonyl (C=O) groups is 1. The van der Waals surface area contributed by atoms with Gasteiger partial charge in [0.25, 0.3) is 0 Å². The van der Waals surface area contributed by atoms with E-state index in [9.17, 15) is 4.79 Å². The smallest absolute Gasteiger partial charge is 0.323 e. The third kappa shape index (κ3) is 4.98. The minimum absolute atomic E-state index is 0.298. The maximum atomic E-state index is 11.9. The number of carbonyl (C=O) groups excluding carboxylic acids is 1. The molecule has 1 rings (SSSR count). The summed E-state index contributed by atoms with van der Waals surface area (Å²) in [6, 6.07) is 8.48. The normalized spacial score (nSPS) is 15.6. The molecule has 0 aliphatic rings. The highest BCUT2D eigenvalue weighted by Crippen LogP contribution is 2.20. The molecule has 5 heteroatoms. The van der Waals surface area contributed by atoms with Gasteiger partial charge < -0.3 is 21.9 Å². The van der Waals surface area contributed by atoms with E-state index >= 15 is 0 Å². The van der Waals surface area contributed by atoms with Crippen LogP contribution in [0.2, 0.25) is 0 Å². The number of rotatable bonds is 7. The van der Waals surface area contributed by atoms with Crippen molar-refractivity contribution in [3.63, 3.8) is 0 Å². The van der Waals surface area contributed by atoms with E-state index in [1.165, 1.54) is 0 Å². The molecule has 0 aliphatic heterocycles. The number of hydrogen-bond acceptors (Lipinski definition) is 5. The van der Waals surface area contributed by atoms with E-state index < -0.39 is 18.1 Å². The summed E-state index contributed by atoms with van der Waals surface area (Å²) in [5, 5.41) is 0. The quantitative estimate of drug-likeness (QED) is 0.629. The van der Waals surface area contributed by atoms with Gasteiger partial charge in [0.2, 0.25) is 0 Å². The van der Waals surface area contributed by atoms with E-state index in [4.69, 9.17) is 21.9 Å². The van der Waals surface area contributed by atoms with Gasteiger partial charge >= 0.3 is 5.97 Å². The Morgan fingerprint density at radius 3 is 2.42 bits per heavy atom. The molecule has 0 bridgehead atoms. The Morgan fingerprint density at radius 2 is 1.89 bits per heavy atom. The first kappa shape index (κ1) is 15.6. The van der Waals surface area contributed by atoms with Crippen LogP contribution in [0.1, 0.15) is 31.4 Å². The molecule has 1 aromatic rings. The van der Waals surface area contributed by atoms with Crippen LogP contribution in [-0.2, 0) is 9.53 Å². The SMILES string of the molecule is CC(N)C(OC(=O)C(N)CCCN)c1ccccc1. The maximum absolute atomic E-state index is 11.9. The van der Waals surface area contributed by atoms with Gasteiger partial charge in [0.1, 0.15) is 12.1 Å². The summed E-state index contributed by atoms with van der Waals surface area (Å²) in [7, 11) is 0. The molecule has 6 N–H and O–H groups in total. The van der Waals surface area contributed by atoms with Gasteiger partial charge in [0, 0.05) is 6.04 Å². The van der Waals surface area contributed by atoms with E-state index in [0.717, 1.165) is 5.56 Å². The van der Waals surface area contributed by atoms with Crippen LogP contribution in [0.25, 0.3) is 0 Å². The summed E-state index contributed by atoms with van der Waals surface area (Å²) in [4.78, 5) is 11.9. The van der Waals surface area contributed by atoms with E-state index in [0.29, 0.717) is 19.4 Å². The molecule has 0 saturated carbocycles. The molecule has 0 fully saturated rings. The van der Waals surface area contributed by atoms with Crippen molar-refractivity contribution in [1.82, 2.24) is 0 Å². The fraction of sp³-hybridized carbons (Fsp3) is 0.500. The summed E-state index contributed by atoms with van der Waals surface area (Å²) >= 11 is 0. The van der Waals surface area contributed by atoms with Crippen molar-refractivity contribution in [2.24, 2.45) is 17.2 Å². The van der Waals surface area contributed by atoms with Crippen LogP contribution in [-0.4, -0.2) is 24.6 Å². The van der Waals surface area contributed by atoms with Gasteiger partial charge in [-0.1, -0.05) is 30.3 Å². The molecular weight excluding hydrogens is 242 g/mol. The molecule has 0 radical (unpaired) electrons. The van der Waals surface area contributed by atoms with Crippen LogP contribution < -0.4 is 17.2 Å². The van der Waals surface area contributed by atoms with E-state index in [2.05, 4.69) is 0 Å². The van der Waals surface area contributed by atoms with Crippen molar-refractivity contribution >= 4 is 5.97 Å². The minimum Gasteiger partial charge on any atom is -0.455 e. The first-order valence-electron chi connectivity index (χ1n) is 6.53. The number of esters is 1. The molecule has 0 amide bonds. The highest BCUT2D eigenvalue weighted by atomic mass is 16.5. The Morgan fingerprint density at radius 1 is 1.26 bits per heavy atom. The molecular formula is C14H23N3O2. The molecule has 3 unspecified atom stereocenters. The van der Waals surface area contributed by atoms with E-state index in [-0.39, 0.29) is 6.04 Å². The van der Waals surface area contributed by atoms with Crippen molar-refractivity contribution < 1.29 is 9.53 Å². The molecule has 0 aromatic heterocycles. The van der Waals surface area contributed by atoms with Crippen LogP contribution >= 0.6 is 0 Å². The molecule has 0 aliphatic carbocycles. The number of hydrogen-bond donors (Lipinski definition) is 3. The highest BCUT2D eigenvalue weighted by Gasteiger charge is 2.24. The Labute approximate surface area is 114 Å². The lowest BCUT2D eigenvalue weighted by Crippen LogP contribution is -2.37. The van der Waals surface area contributed by atoms with Gasteiger partial charge in [0.15, 0.2) is 0 Å². The van der Waals surface area contributed by atoms with Crippen LogP contribution in [0.5, 0.6) is 0 Å². The van der Waals surface area contributed by atoms with Gasteiger partial charge in [-0.15, -0.1) is 0 Å². The predicted molar refractivity (Wildman–Crippen MR) is 75.2 cm³/mol. The number of nitrogens with two attached hydrogens (primary N) is 3. The number of ether oxygens (including phenoxy) is 1. The zero-order valence-electron chi connectivity index (χ0n) is 11.3. The Kier molecular flexibility index (Phi) is 6.49. The molecule has 0 heterocycles. The second kappa shape index (κ2) is 7.89. The standard InChI is InChI=1S/C14H23N3O2/c1-10(16)13(11-6-3-2-4-7-11)19-14(18)12(17)8-5-9-15/h2-4,6-7,10,12-13H,5,8-9,15-17H2,1H3. The summed E-state index contributed by atoms with van der Waals surface area (Å²) in [5.41, 5.74) is 17.9. The molecule has 3 atom stereocenters. The van der Waals surface area contributed by atoms with Gasteiger partial charge in [-0.05, 0) is 31.9 Å². The largest absolute Gasteiger partial charge is 0.455 e. The van der Waals surface area contributed by atoms with Crippen LogP contribution in [0.3, 0.4) is 0 Å². The maximum Gasteiger partial charge on any atom is 0.323 e. The fourth-order valence-electron chi connectivity index (χ4n) is 1.79. The summed E-state index contributed by atoms with van der Waals surface area (Å²) < 4.78 is 5.43. The molecule has 0 saturated heterocycles. The monoisotopic (exact) mass is 265 g/mol. The van der Waals surface area contributed by atoms with Crippen molar-refractivity contribution in [2.75, 3.05) is 6.54 Å². The van der Waals surface area contributed by atoms with Crippen molar-refractivity contribution in [3.05, 3.63) is 35.9 Å². The third-order valence-corrected chi connectivity index (χ3v) is 2.87. The first-order valence-corrected chi connectivity index (χ1v) is 6.53. The van der Waals surface area contributed by atoms with Crippen molar-refractivity contribution in [1.29, 1.82) is 0 Å². The lowest BCUT2D eigenvalue weighted by molar-refractivity contribution is -0.152. The Hall–Kier alpha value is -1.43. The van der Waals surface area contributed by atoms with Crippen molar-refractivity contribution in [2.45, 2.75) is 38.0 Å². The van der Waals surface area contributed by atoms with Crippen LogP contribution in [0, 0.1) is 0 Å². The Balaban J connectivity index is 2.67. The highest BCUT2D eigenvalue weighted by molar-refractivity contribution is 5.75. The van der Waals surface area contributed by atoms with Gasteiger partial charge in [-0.3, -0.25) is 4.79 Å². The van der Waals surface area contributed by atoms with Crippen LogP contribution in [0.4, 0.5) is 0 Å². The van der Waals surface area contributed by atoms with Gasteiger partial charge in [-0.25, -0.2) is 0 Å². The zero-order valence-corrected chi connectivity index (χ0v) is 11.3. The second-order valence-electron chi connectivity index (χ2n) is 4.66. The minimum atomic E-state index is -0.645. The lowest BCUT2D eigenvalue weighted by atomic mass is 10.0. The van der Waals surface area contributed by atoms with Gasteiger partial charge in [0.05, 0.1) is 0 Å². The first-order chi connectivity index (χ1) is 9.06. The molecule has 19 heavy (non-hydrogen) atoms. The molecule has 1 aromatic carbocycles. The second-order valence-corrected chi connectivity index (χ2v) is 4.66. The van der Waals surface area contributed by atoms with Gasteiger partial charge in [-0.2, -0.15) is 0 Å². The summed E-state index contributed by atoms with van der Waals surface area (Å²) in [6.07, 6.45) is 0.748. The average Bonchev–Trinajstić information content (AvgIpc) is 2.42. The molecule has 106 valence electrons.